The van der Waals surface area contributed by atoms with Crippen LogP contribution < -0.4 is 21.3 Å². The fourth-order valence-electron chi connectivity index (χ4n) is 3.99. The third-order valence-corrected chi connectivity index (χ3v) is 5.86. The molecule has 1 N–H and O–H groups in total. The third kappa shape index (κ3) is 4.72. The predicted octanol–water partition coefficient (Wildman–Crippen LogP) is 2.45. The molecule has 0 saturated carbocycles. The van der Waals surface area contributed by atoms with E-state index in [1.807, 2.05) is 37.3 Å². The summed E-state index contributed by atoms with van der Waals surface area (Å²) in [6.07, 6.45) is 1.51. The molecular formula is C25H26FN5O4. The fraction of sp³-hybridized carbons (Fsp3) is 0.280. The quantitative estimate of drug-likeness (QED) is 0.419. The van der Waals surface area contributed by atoms with Gasteiger partial charge in [0.1, 0.15) is 6.54 Å². The molecule has 0 fully saturated rings. The van der Waals surface area contributed by atoms with Gasteiger partial charge in [-0.3, -0.25) is 14.2 Å². The second-order valence-corrected chi connectivity index (χ2v) is 8.13. The number of nitrogens with zero attached hydrogens (tertiary/aromatic N) is 4. The van der Waals surface area contributed by atoms with Crippen LogP contribution in [0.15, 0.2) is 64.4 Å². The zero-order chi connectivity index (χ0) is 25.1. The number of rotatable bonds is 8. The van der Waals surface area contributed by atoms with Crippen LogP contribution in [0.1, 0.15) is 31.0 Å². The summed E-state index contributed by atoms with van der Waals surface area (Å²) in [6, 6.07) is 13.1. The Balaban J connectivity index is 1.68. The van der Waals surface area contributed by atoms with Crippen LogP contribution in [0.25, 0.3) is 11.2 Å². The molecule has 1 atom stereocenters. The van der Waals surface area contributed by atoms with E-state index in [1.165, 1.54) is 30.1 Å². The van der Waals surface area contributed by atoms with Crippen molar-refractivity contribution < 1.29 is 13.9 Å². The van der Waals surface area contributed by atoms with Gasteiger partial charge in [-0.2, -0.15) is 0 Å². The Kier molecular flexibility index (Phi) is 6.81. The van der Waals surface area contributed by atoms with Crippen molar-refractivity contribution in [3.05, 3.63) is 92.6 Å². The molecule has 0 bridgehead atoms. The Morgan fingerprint density at radius 1 is 1.14 bits per heavy atom. The van der Waals surface area contributed by atoms with Gasteiger partial charge in [0.25, 0.3) is 5.56 Å². The molecule has 4 rings (SSSR count). The van der Waals surface area contributed by atoms with Crippen LogP contribution in [0.5, 0.6) is 5.75 Å². The monoisotopic (exact) mass is 479 g/mol. The lowest BCUT2D eigenvalue weighted by molar-refractivity contribution is -0.122. The van der Waals surface area contributed by atoms with Gasteiger partial charge in [0.15, 0.2) is 22.7 Å². The molecule has 1 amide bonds. The number of ether oxygens (including phenoxy) is 1. The predicted molar refractivity (Wildman–Crippen MR) is 129 cm³/mol. The maximum atomic E-state index is 14.1. The molecule has 35 heavy (non-hydrogen) atoms. The van der Waals surface area contributed by atoms with Gasteiger partial charge in [0.05, 0.1) is 26.0 Å². The smallest absolute Gasteiger partial charge is 0.333 e. The SMILES string of the molecule is CCn1cnc2c1c(=O)n(CC(=O)NC(C)c1ccc(OC)c(F)c1)c(=O)n2Cc1ccccc1. The van der Waals surface area contributed by atoms with Gasteiger partial charge < -0.3 is 14.6 Å². The first-order valence-corrected chi connectivity index (χ1v) is 11.2. The van der Waals surface area contributed by atoms with E-state index in [0.29, 0.717) is 12.1 Å². The molecule has 182 valence electrons. The van der Waals surface area contributed by atoms with Crippen LogP contribution in [0.4, 0.5) is 4.39 Å². The first-order chi connectivity index (χ1) is 16.8. The highest BCUT2D eigenvalue weighted by Gasteiger charge is 2.20. The van der Waals surface area contributed by atoms with Crippen molar-refractivity contribution in [2.24, 2.45) is 0 Å². The number of carbonyl (C=O) groups is 1. The molecule has 0 radical (unpaired) electrons. The third-order valence-electron chi connectivity index (χ3n) is 5.86. The maximum absolute atomic E-state index is 14.1. The van der Waals surface area contributed by atoms with Gasteiger partial charge >= 0.3 is 5.69 Å². The molecule has 0 spiro atoms. The average molecular weight is 480 g/mol. The van der Waals surface area contributed by atoms with Crippen molar-refractivity contribution in [3.63, 3.8) is 0 Å². The van der Waals surface area contributed by atoms with Gasteiger partial charge in [0.2, 0.25) is 5.91 Å². The number of nitrogens with one attached hydrogen (secondary N) is 1. The van der Waals surface area contributed by atoms with Crippen LogP contribution in [0.3, 0.4) is 0 Å². The van der Waals surface area contributed by atoms with Crippen molar-refractivity contribution in [1.29, 1.82) is 0 Å². The Hall–Kier alpha value is -4.21. The first kappa shape index (κ1) is 23.9. The van der Waals surface area contributed by atoms with Gasteiger partial charge in [-0.25, -0.2) is 18.7 Å². The molecule has 2 aromatic carbocycles. The molecule has 0 aliphatic carbocycles. The van der Waals surface area contributed by atoms with Crippen LogP contribution in [0, 0.1) is 5.82 Å². The van der Waals surface area contributed by atoms with E-state index in [9.17, 15) is 18.8 Å². The molecule has 4 aromatic rings. The van der Waals surface area contributed by atoms with Gasteiger partial charge in [0, 0.05) is 6.54 Å². The number of amides is 1. The van der Waals surface area contributed by atoms with Gasteiger partial charge in [-0.1, -0.05) is 36.4 Å². The average Bonchev–Trinajstić information content (AvgIpc) is 3.29. The lowest BCUT2D eigenvalue weighted by Gasteiger charge is -2.16. The van der Waals surface area contributed by atoms with Crippen LogP contribution in [-0.4, -0.2) is 31.7 Å². The van der Waals surface area contributed by atoms with Crippen molar-refractivity contribution in [2.75, 3.05) is 7.11 Å². The molecule has 0 saturated heterocycles. The van der Waals surface area contributed by atoms with Crippen molar-refractivity contribution in [2.45, 2.75) is 39.5 Å². The number of aromatic nitrogens is 4. The van der Waals surface area contributed by atoms with E-state index in [0.717, 1.165) is 10.1 Å². The van der Waals surface area contributed by atoms with Gasteiger partial charge in [-0.05, 0) is 37.1 Å². The molecule has 10 heteroatoms. The summed E-state index contributed by atoms with van der Waals surface area (Å²) in [5, 5.41) is 2.73. The van der Waals surface area contributed by atoms with Crippen LogP contribution >= 0.6 is 0 Å². The lowest BCUT2D eigenvalue weighted by atomic mass is 10.1. The number of imidazole rings is 1. The number of halogens is 1. The Labute approximate surface area is 200 Å². The fourth-order valence-corrected chi connectivity index (χ4v) is 3.99. The van der Waals surface area contributed by atoms with Crippen molar-refractivity contribution >= 4 is 17.1 Å². The summed E-state index contributed by atoms with van der Waals surface area (Å²) in [5.41, 5.74) is 0.667. The largest absolute Gasteiger partial charge is 0.494 e. The summed E-state index contributed by atoms with van der Waals surface area (Å²) in [4.78, 5) is 43.7. The summed E-state index contributed by atoms with van der Waals surface area (Å²) < 4.78 is 23.0. The minimum Gasteiger partial charge on any atom is -0.494 e. The Bertz CT molecular complexity index is 1490. The van der Waals surface area contributed by atoms with Crippen molar-refractivity contribution in [3.8, 4) is 5.75 Å². The normalized spacial score (nSPS) is 12.0. The van der Waals surface area contributed by atoms with E-state index in [4.69, 9.17) is 4.74 Å². The van der Waals surface area contributed by atoms with Crippen LogP contribution in [0.2, 0.25) is 0 Å². The number of fused-ring (bicyclic) bond motifs is 1. The molecule has 1 unspecified atom stereocenters. The van der Waals surface area contributed by atoms with E-state index in [-0.39, 0.29) is 23.5 Å². The molecule has 2 aromatic heterocycles. The van der Waals surface area contributed by atoms with E-state index in [2.05, 4.69) is 10.3 Å². The molecule has 0 aliphatic heterocycles. The molecular weight excluding hydrogens is 453 g/mol. The molecule has 0 aliphatic rings. The summed E-state index contributed by atoms with van der Waals surface area (Å²) in [7, 11) is 1.37. The number of hydrogen-bond donors (Lipinski definition) is 1. The van der Waals surface area contributed by atoms with E-state index in [1.54, 1.807) is 17.6 Å². The lowest BCUT2D eigenvalue weighted by Crippen LogP contribution is -2.44. The topological polar surface area (TPSA) is 100 Å². The summed E-state index contributed by atoms with van der Waals surface area (Å²) in [5.74, 6) is -1.01. The highest BCUT2D eigenvalue weighted by Crippen LogP contribution is 2.21. The number of hydrogen-bond acceptors (Lipinski definition) is 5. The number of methoxy groups -OCH3 is 1. The number of aryl methyl sites for hydroxylation is 1. The molecule has 9 nitrogen and oxygen atoms in total. The van der Waals surface area contributed by atoms with E-state index < -0.39 is 35.6 Å². The molecule has 2 heterocycles. The van der Waals surface area contributed by atoms with Crippen molar-refractivity contribution in [1.82, 2.24) is 24.0 Å². The van der Waals surface area contributed by atoms with Crippen LogP contribution in [-0.2, 0) is 24.4 Å². The van der Waals surface area contributed by atoms with E-state index >= 15 is 0 Å². The zero-order valence-corrected chi connectivity index (χ0v) is 19.7. The number of carbonyl (C=O) groups excluding carboxylic acids is 1. The zero-order valence-electron chi connectivity index (χ0n) is 19.7. The standard InChI is InChI=1S/C25H26FN5O4/c1-4-29-15-27-23-22(29)24(33)31(25(34)30(23)13-17-8-6-5-7-9-17)14-21(32)28-16(2)18-10-11-20(35-3)19(26)12-18/h5-12,15-16H,4,13-14H2,1-3H3,(H,28,32). The first-order valence-electron chi connectivity index (χ1n) is 11.2. The number of benzene rings is 2. The minimum absolute atomic E-state index is 0.0960. The highest BCUT2D eigenvalue weighted by molar-refractivity contribution is 5.77. The minimum atomic E-state index is -0.633. The van der Waals surface area contributed by atoms with Gasteiger partial charge in [-0.15, -0.1) is 0 Å². The summed E-state index contributed by atoms with van der Waals surface area (Å²) >= 11 is 0. The Morgan fingerprint density at radius 3 is 2.54 bits per heavy atom. The second-order valence-electron chi connectivity index (χ2n) is 8.13. The highest BCUT2D eigenvalue weighted by atomic mass is 19.1. The second kappa shape index (κ2) is 9.96. The maximum Gasteiger partial charge on any atom is 0.333 e. The summed E-state index contributed by atoms with van der Waals surface area (Å²) in [6.45, 7) is 3.73. The Morgan fingerprint density at radius 2 is 1.89 bits per heavy atom.